The lowest BCUT2D eigenvalue weighted by Crippen LogP contribution is -2.25. The fraction of sp³-hybridized carbons (Fsp3) is 0.235. The molecule has 0 aromatic heterocycles. The van der Waals surface area contributed by atoms with Gasteiger partial charge in [-0.05, 0) is 42.7 Å². The number of aryl methyl sites for hydroxylation is 1. The lowest BCUT2D eigenvalue weighted by molar-refractivity contribution is 0.0953. The first-order valence-corrected chi connectivity index (χ1v) is 10.2. The molecule has 0 aliphatic heterocycles. The van der Waals surface area contributed by atoms with Crippen LogP contribution < -0.4 is 10.0 Å². The molecule has 2 N–H and O–H groups in total. The number of nitrogens with one attached hydrogen (secondary N) is 2. The van der Waals surface area contributed by atoms with Crippen LogP contribution in [0.4, 0.5) is 5.69 Å². The summed E-state index contributed by atoms with van der Waals surface area (Å²) in [5.74, 6) is -0.360. The highest BCUT2D eigenvalue weighted by atomic mass is 35.5. The van der Waals surface area contributed by atoms with Gasteiger partial charge in [0, 0.05) is 17.3 Å². The van der Waals surface area contributed by atoms with Crippen molar-refractivity contribution in [3.05, 3.63) is 63.6 Å². The molecule has 2 aromatic carbocycles. The zero-order chi connectivity index (χ0) is 18.4. The zero-order valence-corrected chi connectivity index (χ0v) is 15.9. The summed E-state index contributed by atoms with van der Waals surface area (Å²) in [6.07, 6.45) is 2.49. The number of carbonyl (C=O) groups excluding carboxylic acids is 1. The van der Waals surface area contributed by atoms with Crippen LogP contribution in [0.2, 0.25) is 10.0 Å². The van der Waals surface area contributed by atoms with Crippen molar-refractivity contribution in [2.45, 2.75) is 12.8 Å². The van der Waals surface area contributed by atoms with Crippen LogP contribution >= 0.6 is 23.2 Å². The molecule has 1 amide bonds. The molecule has 8 heteroatoms. The van der Waals surface area contributed by atoms with Crippen LogP contribution in [0, 0.1) is 0 Å². The van der Waals surface area contributed by atoms with Gasteiger partial charge in [0.05, 0.1) is 16.8 Å². The third-order valence-electron chi connectivity index (χ3n) is 3.38. The highest BCUT2D eigenvalue weighted by Crippen LogP contribution is 2.21. The van der Waals surface area contributed by atoms with Gasteiger partial charge in [0.2, 0.25) is 10.0 Å². The third-order valence-corrected chi connectivity index (χ3v) is 4.69. The van der Waals surface area contributed by atoms with Crippen molar-refractivity contribution in [2.75, 3.05) is 17.5 Å². The van der Waals surface area contributed by atoms with Crippen LogP contribution in [0.25, 0.3) is 0 Å². The van der Waals surface area contributed by atoms with E-state index in [-0.39, 0.29) is 22.2 Å². The summed E-state index contributed by atoms with van der Waals surface area (Å²) in [4.78, 5) is 12.3. The summed E-state index contributed by atoms with van der Waals surface area (Å²) in [6.45, 7) is 0.449. The van der Waals surface area contributed by atoms with Gasteiger partial charge in [-0.25, -0.2) is 8.42 Å². The maximum absolute atomic E-state index is 12.3. The van der Waals surface area contributed by atoms with E-state index < -0.39 is 10.0 Å². The predicted octanol–water partition coefficient (Wildman–Crippen LogP) is 3.73. The molecular weight excluding hydrogens is 383 g/mol. The van der Waals surface area contributed by atoms with Crippen molar-refractivity contribution in [1.82, 2.24) is 5.32 Å². The number of hydrogen-bond donors (Lipinski definition) is 2. The molecule has 5 nitrogen and oxygen atoms in total. The number of amides is 1. The van der Waals surface area contributed by atoms with Gasteiger partial charge in [-0.3, -0.25) is 9.52 Å². The lowest BCUT2D eigenvalue weighted by Gasteiger charge is -2.10. The van der Waals surface area contributed by atoms with Gasteiger partial charge < -0.3 is 5.32 Å². The van der Waals surface area contributed by atoms with Crippen LogP contribution in [0.15, 0.2) is 42.5 Å². The molecule has 2 aromatic rings. The molecule has 134 valence electrons. The van der Waals surface area contributed by atoms with Crippen molar-refractivity contribution in [3.63, 3.8) is 0 Å². The summed E-state index contributed by atoms with van der Waals surface area (Å²) in [5, 5.41) is 3.73. The topological polar surface area (TPSA) is 75.3 Å². The van der Waals surface area contributed by atoms with Crippen LogP contribution in [0.5, 0.6) is 0 Å². The summed E-state index contributed by atoms with van der Waals surface area (Å²) in [6, 6.07) is 11.9. The van der Waals surface area contributed by atoms with E-state index in [0.717, 1.165) is 18.2 Å². The van der Waals surface area contributed by atoms with Crippen molar-refractivity contribution in [3.8, 4) is 0 Å². The Hall–Kier alpha value is -1.76. The second-order valence-corrected chi connectivity index (χ2v) is 8.08. The summed E-state index contributed by atoms with van der Waals surface area (Å²) < 4.78 is 24.9. The van der Waals surface area contributed by atoms with Crippen LogP contribution in [-0.4, -0.2) is 27.1 Å². The Balaban J connectivity index is 1.94. The minimum atomic E-state index is -3.43. The van der Waals surface area contributed by atoms with Gasteiger partial charge in [-0.1, -0.05) is 41.4 Å². The molecule has 0 atom stereocenters. The molecular formula is C17H18Cl2N2O3S. The molecule has 0 aliphatic rings. The highest BCUT2D eigenvalue weighted by molar-refractivity contribution is 7.92. The van der Waals surface area contributed by atoms with Crippen molar-refractivity contribution in [1.29, 1.82) is 0 Å². The summed E-state index contributed by atoms with van der Waals surface area (Å²) in [7, 11) is -3.43. The maximum Gasteiger partial charge on any atom is 0.252 e. The smallest absolute Gasteiger partial charge is 0.252 e. The highest BCUT2D eigenvalue weighted by Gasteiger charge is 2.12. The molecule has 0 saturated carbocycles. The lowest BCUT2D eigenvalue weighted by atomic mass is 10.1. The van der Waals surface area contributed by atoms with Crippen molar-refractivity contribution in [2.24, 2.45) is 0 Å². The van der Waals surface area contributed by atoms with E-state index in [9.17, 15) is 13.2 Å². The predicted molar refractivity (Wildman–Crippen MR) is 102 cm³/mol. The molecule has 0 aliphatic carbocycles. The number of rotatable bonds is 7. The van der Waals surface area contributed by atoms with Gasteiger partial charge in [-0.2, -0.15) is 0 Å². The largest absolute Gasteiger partial charge is 0.352 e. The Bertz CT molecular complexity index is 870. The molecule has 0 bridgehead atoms. The molecule has 0 heterocycles. The molecule has 0 saturated heterocycles. The number of hydrogen-bond acceptors (Lipinski definition) is 3. The first-order chi connectivity index (χ1) is 11.8. The Kier molecular flexibility index (Phi) is 6.70. The fourth-order valence-electron chi connectivity index (χ4n) is 2.25. The second kappa shape index (κ2) is 8.56. The van der Waals surface area contributed by atoms with E-state index in [1.807, 2.05) is 24.3 Å². The molecule has 0 unspecified atom stereocenters. The van der Waals surface area contributed by atoms with Crippen LogP contribution in [0.3, 0.4) is 0 Å². The van der Waals surface area contributed by atoms with E-state index in [1.165, 1.54) is 18.2 Å². The fourth-order valence-corrected chi connectivity index (χ4v) is 3.24. The quantitative estimate of drug-likeness (QED) is 0.695. The first kappa shape index (κ1) is 19.6. The van der Waals surface area contributed by atoms with E-state index in [4.69, 9.17) is 23.2 Å². The SMILES string of the molecule is CS(=O)(=O)Nc1ccc(Cl)c(C(=O)NCCCc2ccccc2Cl)c1. The molecule has 0 spiro atoms. The molecule has 2 rings (SSSR count). The Morgan fingerprint density at radius 2 is 1.80 bits per heavy atom. The Morgan fingerprint density at radius 3 is 2.48 bits per heavy atom. The standard InChI is InChI=1S/C17H18Cl2N2O3S/c1-25(23,24)21-13-8-9-16(19)14(11-13)17(22)20-10-4-6-12-5-2-3-7-15(12)18/h2-3,5,7-9,11,21H,4,6,10H2,1H3,(H,20,22). The number of carbonyl (C=O) groups is 1. The molecule has 0 fully saturated rings. The van der Waals surface area contributed by atoms with Crippen LogP contribution in [0.1, 0.15) is 22.3 Å². The first-order valence-electron chi connectivity index (χ1n) is 7.55. The number of halogens is 2. The van der Waals surface area contributed by atoms with Gasteiger partial charge in [0.25, 0.3) is 5.91 Å². The Labute approximate surface area is 157 Å². The van der Waals surface area contributed by atoms with Crippen molar-refractivity contribution >= 4 is 44.8 Å². The van der Waals surface area contributed by atoms with E-state index in [0.29, 0.717) is 18.0 Å². The van der Waals surface area contributed by atoms with E-state index in [2.05, 4.69) is 10.0 Å². The van der Waals surface area contributed by atoms with Gasteiger partial charge >= 0.3 is 0 Å². The van der Waals surface area contributed by atoms with Crippen LogP contribution in [-0.2, 0) is 16.4 Å². The molecule has 25 heavy (non-hydrogen) atoms. The second-order valence-electron chi connectivity index (χ2n) is 5.52. The maximum atomic E-state index is 12.3. The summed E-state index contributed by atoms with van der Waals surface area (Å²) >= 11 is 12.1. The number of sulfonamides is 1. The van der Waals surface area contributed by atoms with Gasteiger partial charge in [-0.15, -0.1) is 0 Å². The van der Waals surface area contributed by atoms with Gasteiger partial charge in [0.1, 0.15) is 0 Å². The number of benzene rings is 2. The van der Waals surface area contributed by atoms with E-state index >= 15 is 0 Å². The average Bonchev–Trinajstić information content (AvgIpc) is 2.53. The van der Waals surface area contributed by atoms with Gasteiger partial charge in [0.15, 0.2) is 0 Å². The summed E-state index contributed by atoms with van der Waals surface area (Å²) in [5.41, 5.74) is 1.52. The van der Waals surface area contributed by atoms with Crippen molar-refractivity contribution < 1.29 is 13.2 Å². The molecule has 0 radical (unpaired) electrons. The Morgan fingerprint density at radius 1 is 1.08 bits per heavy atom. The monoisotopic (exact) mass is 400 g/mol. The number of anilines is 1. The minimum Gasteiger partial charge on any atom is -0.352 e. The normalized spacial score (nSPS) is 11.2. The third kappa shape index (κ3) is 6.23. The van der Waals surface area contributed by atoms with E-state index in [1.54, 1.807) is 0 Å². The minimum absolute atomic E-state index is 0.216. The average molecular weight is 401 g/mol. The zero-order valence-electron chi connectivity index (χ0n) is 13.6.